The van der Waals surface area contributed by atoms with Crippen LogP contribution in [0.4, 0.5) is 0 Å². The molecule has 0 radical (unpaired) electrons. The fraction of sp³-hybridized carbons (Fsp3) is 0.278. The summed E-state index contributed by atoms with van der Waals surface area (Å²) in [5.74, 6) is 3.00. The molecule has 2 heterocycles. The number of hydrogen-bond acceptors (Lipinski definition) is 6. The van der Waals surface area contributed by atoms with E-state index in [1.54, 1.807) is 18.2 Å². The van der Waals surface area contributed by atoms with Gasteiger partial charge in [0.1, 0.15) is 18.5 Å². The third-order valence-corrected chi connectivity index (χ3v) is 3.81. The van der Waals surface area contributed by atoms with Crippen LogP contribution in [0.3, 0.4) is 0 Å². The molecular weight excluding hydrogens is 326 g/mol. The van der Waals surface area contributed by atoms with Gasteiger partial charge in [-0.25, -0.2) is 0 Å². The van der Waals surface area contributed by atoms with E-state index in [0.29, 0.717) is 36.1 Å². The van der Waals surface area contributed by atoms with Gasteiger partial charge in [0.25, 0.3) is 5.91 Å². The monoisotopic (exact) mass is 343 g/mol. The molecule has 25 heavy (non-hydrogen) atoms. The molecular formula is C18H17NO6. The Labute approximate surface area is 144 Å². The summed E-state index contributed by atoms with van der Waals surface area (Å²) in [4.78, 5) is 11.9. The average Bonchev–Trinajstić information content (AvgIpc) is 3.12. The van der Waals surface area contributed by atoms with Gasteiger partial charge in [-0.2, -0.15) is 0 Å². The average molecular weight is 343 g/mol. The molecule has 1 amide bonds. The lowest BCUT2D eigenvalue weighted by Crippen LogP contribution is -2.42. The van der Waals surface area contributed by atoms with Crippen molar-refractivity contribution in [2.75, 3.05) is 26.6 Å². The van der Waals surface area contributed by atoms with Crippen LogP contribution in [-0.2, 0) is 4.79 Å². The molecule has 0 bridgehead atoms. The fourth-order valence-electron chi connectivity index (χ4n) is 2.56. The Morgan fingerprint density at radius 2 is 1.84 bits per heavy atom. The van der Waals surface area contributed by atoms with Crippen LogP contribution in [0.2, 0.25) is 0 Å². The van der Waals surface area contributed by atoms with E-state index in [4.69, 9.17) is 23.7 Å². The van der Waals surface area contributed by atoms with Crippen molar-refractivity contribution in [3.63, 3.8) is 0 Å². The molecule has 0 saturated carbocycles. The number of fused-ring (bicyclic) bond motifs is 2. The molecule has 0 spiro atoms. The molecule has 0 unspecified atom stereocenters. The summed E-state index contributed by atoms with van der Waals surface area (Å²) in [7, 11) is 0. The van der Waals surface area contributed by atoms with Crippen LogP contribution in [0, 0.1) is 0 Å². The summed E-state index contributed by atoms with van der Waals surface area (Å²) < 4.78 is 27.4. The number of para-hydroxylation sites is 2. The number of hydrogen-bond donors (Lipinski definition) is 1. The summed E-state index contributed by atoms with van der Waals surface area (Å²) in [6.07, 6.45) is -0.232. The van der Waals surface area contributed by atoms with Gasteiger partial charge in [0, 0.05) is 6.07 Å². The first-order valence-corrected chi connectivity index (χ1v) is 7.95. The van der Waals surface area contributed by atoms with Crippen molar-refractivity contribution in [3.05, 3.63) is 42.5 Å². The van der Waals surface area contributed by atoms with Crippen molar-refractivity contribution in [1.29, 1.82) is 0 Å². The first kappa shape index (κ1) is 15.4. The number of nitrogens with one attached hydrogen (secondary N) is 1. The van der Waals surface area contributed by atoms with E-state index in [1.807, 2.05) is 24.3 Å². The zero-order chi connectivity index (χ0) is 17.1. The standard InChI is InChI=1S/C18H17NO6/c20-18(10-21-12-5-6-15-17(7-12)24-11-23-15)19-8-13-9-22-14-3-1-2-4-16(14)25-13/h1-7,13H,8-11H2,(H,19,20)/t13-/m0/s1. The maximum absolute atomic E-state index is 11.9. The smallest absolute Gasteiger partial charge is 0.258 e. The molecule has 7 heteroatoms. The highest BCUT2D eigenvalue weighted by molar-refractivity contribution is 5.77. The zero-order valence-corrected chi connectivity index (χ0v) is 13.4. The molecule has 2 aliphatic heterocycles. The molecule has 0 fully saturated rings. The molecule has 4 rings (SSSR count). The Balaban J connectivity index is 1.23. The van der Waals surface area contributed by atoms with Gasteiger partial charge >= 0.3 is 0 Å². The van der Waals surface area contributed by atoms with Crippen LogP contribution < -0.4 is 29.0 Å². The molecule has 0 aromatic heterocycles. The molecule has 2 aliphatic rings. The Morgan fingerprint density at radius 1 is 1.04 bits per heavy atom. The van der Waals surface area contributed by atoms with E-state index < -0.39 is 0 Å². The SMILES string of the molecule is O=C(COc1ccc2c(c1)OCO2)NC[C@H]1COc2ccccc2O1. The van der Waals surface area contributed by atoms with Gasteiger partial charge in [-0.3, -0.25) is 4.79 Å². The molecule has 130 valence electrons. The van der Waals surface area contributed by atoms with Crippen molar-refractivity contribution >= 4 is 5.91 Å². The highest BCUT2D eigenvalue weighted by atomic mass is 16.7. The first-order chi connectivity index (χ1) is 12.3. The highest BCUT2D eigenvalue weighted by Crippen LogP contribution is 2.35. The molecule has 2 aromatic rings. The quantitative estimate of drug-likeness (QED) is 0.891. The van der Waals surface area contributed by atoms with Gasteiger partial charge in [0.2, 0.25) is 6.79 Å². The van der Waals surface area contributed by atoms with Crippen LogP contribution in [0.5, 0.6) is 28.7 Å². The predicted molar refractivity (Wildman–Crippen MR) is 87.4 cm³/mol. The largest absolute Gasteiger partial charge is 0.486 e. The van der Waals surface area contributed by atoms with E-state index in [0.717, 1.165) is 5.75 Å². The Morgan fingerprint density at radius 3 is 2.76 bits per heavy atom. The van der Waals surface area contributed by atoms with Crippen LogP contribution in [0.15, 0.2) is 42.5 Å². The minimum atomic E-state index is -0.236. The van der Waals surface area contributed by atoms with Crippen molar-refractivity contribution in [3.8, 4) is 28.7 Å². The summed E-state index contributed by atoms with van der Waals surface area (Å²) in [5.41, 5.74) is 0. The van der Waals surface area contributed by atoms with Crippen LogP contribution in [0.25, 0.3) is 0 Å². The van der Waals surface area contributed by atoms with Crippen molar-refractivity contribution in [2.45, 2.75) is 6.10 Å². The summed E-state index contributed by atoms with van der Waals surface area (Å²) in [6.45, 7) is 0.841. The lowest BCUT2D eigenvalue weighted by Gasteiger charge is -2.26. The Bertz CT molecular complexity index is 778. The third-order valence-electron chi connectivity index (χ3n) is 3.81. The second kappa shape index (κ2) is 6.80. The topological polar surface area (TPSA) is 75.3 Å². The maximum Gasteiger partial charge on any atom is 0.258 e. The third kappa shape index (κ3) is 3.55. The predicted octanol–water partition coefficient (Wildman–Crippen LogP) is 1.75. The van der Waals surface area contributed by atoms with Crippen molar-refractivity contribution in [1.82, 2.24) is 5.32 Å². The second-order valence-corrected chi connectivity index (χ2v) is 5.61. The molecule has 0 aliphatic carbocycles. The molecule has 7 nitrogen and oxygen atoms in total. The van der Waals surface area contributed by atoms with Crippen molar-refractivity contribution in [2.24, 2.45) is 0 Å². The lowest BCUT2D eigenvalue weighted by atomic mass is 10.2. The number of rotatable bonds is 5. The summed E-state index contributed by atoms with van der Waals surface area (Å²) in [5, 5.41) is 2.78. The highest BCUT2D eigenvalue weighted by Gasteiger charge is 2.21. The molecule has 1 atom stereocenters. The Hall–Kier alpha value is -3.09. The minimum absolute atomic E-state index is 0.0934. The lowest BCUT2D eigenvalue weighted by molar-refractivity contribution is -0.123. The van der Waals surface area contributed by atoms with Gasteiger partial charge in [0.15, 0.2) is 29.6 Å². The van der Waals surface area contributed by atoms with Gasteiger partial charge in [0.05, 0.1) is 6.54 Å². The molecule has 0 saturated heterocycles. The van der Waals surface area contributed by atoms with Gasteiger partial charge in [-0.05, 0) is 24.3 Å². The summed E-state index contributed by atoms with van der Waals surface area (Å²) >= 11 is 0. The van der Waals surface area contributed by atoms with Crippen LogP contribution >= 0.6 is 0 Å². The van der Waals surface area contributed by atoms with Crippen LogP contribution in [-0.4, -0.2) is 38.6 Å². The van der Waals surface area contributed by atoms with Crippen LogP contribution in [0.1, 0.15) is 0 Å². The second-order valence-electron chi connectivity index (χ2n) is 5.61. The van der Waals surface area contributed by atoms with E-state index in [9.17, 15) is 4.79 Å². The maximum atomic E-state index is 11.9. The minimum Gasteiger partial charge on any atom is -0.486 e. The van der Waals surface area contributed by atoms with Gasteiger partial charge < -0.3 is 29.0 Å². The van der Waals surface area contributed by atoms with Crippen molar-refractivity contribution < 1.29 is 28.5 Å². The zero-order valence-electron chi connectivity index (χ0n) is 13.4. The van der Waals surface area contributed by atoms with E-state index >= 15 is 0 Å². The number of amides is 1. The number of carbonyl (C=O) groups is 1. The Kier molecular flexibility index (Phi) is 4.20. The van der Waals surface area contributed by atoms with E-state index in [1.165, 1.54) is 0 Å². The van der Waals surface area contributed by atoms with Gasteiger partial charge in [-0.1, -0.05) is 12.1 Å². The number of carbonyl (C=O) groups excluding carboxylic acids is 1. The van der Waals surface area contributed by atoms with E-state index in [-0.39, 0.29) is 25.4 Å². The fourth-order valence-corrected chi connectivity index (χ4v) is 2.56. The summed E-state index contributed by atoms with van der Waals surface area (Å²) in [6, 6.07) is 12.6. The van der Waals surface area contributed by atoms with E-state index in [2.05, 4.69) is 5.32 Å². The molecule has 2 aromatic carbocycles. The first-order valence-electron chi connectivity index (χ1n) is 7.95. The normalized spacial score (nSPS) is 17.0. The molecule has 1 N–H and O–H groups in total. The number of benzene rings is 2. The van der Waals surface area contributed by atoms with Gasteiger partial charge in [-0.15, -0.1) is 0 Å². The number of ether oxygens (including phenoxy) is 5.